The van der Waals surface area contributed by atoms with Gasteiger partial charge in [-0.1, -0.05) is 62.4 Å². The molecule has 8 nitrogen and oxygen atoms in total. The van der Waals surface area contributed by atoms with Crippen LogP contribution in [0.1, 0.15) is 56.2 Å². The SMILES string of the molecule is COC(=O)[C@H](Cc1cn(CCC2CCCCC2)cn1)N1CC[C@H](NC(=O)OCc2ccccc2)C1. The summed E-state index contributed by atoms with van der Waals surface area (Å²) in [5.41, 5.74) is 1.84. The van der Waals surface area contributed by atoms with Crippen molar-refractivity contribution in [3.8, 4) is 0 Å². The van der Waals surface area contributed by atoms with Gasteiger partial charge in [0.2, 0.25) is 0 Å². The second kappa shape index (κ2) is 12.7. The van der Waals surface area contributed by atoms with E-state index in [4.69, 9.17) is 9.47 Å². The monoisotopic (exact) mass is 482 g/mol. The number of benzene rings is 1. The number of ether oxygens (including phenoxy) is 2. The Hall–Kier alpha value is -2.87. The zero-order valence-electron chi connectivity index (χ0n) is 20.7. The van der Waals surface area contributed by atoms with Crippen molar-refractivity contribution in [3.63, 3.8) is 0 Å². The average molecular weight is 483 g/mol. The number of likely N-dealkylation sites (tertiary alicyclic amines) is 1. The van der Waals surface area contributed by atoms with E-state index < -0.39 is 12.1 Å². The van der Waals surface area contributed by atoms with Crippen molar-refractivity contribution in [1.82, 2.24) is 19.8 Å². The first kappa shape index (κ1) is 25.2. The average Bonchev–Trinajstić information content (AvgIpc) is 3.55. The van der Waals surface area contributed by atoms with Gasteiger partial charge in [0.15, 0.2) is 0 Å². The van der Waals surface area contributed by atoms with Gasteiger partial charge in [-0.05, 0) is 24.3 Å². The molecule has 35 heavy (non-hydrogen) atoms. The van der Waals surface area contributed by atoms with E-state index in [0.29, 0.717) is 19.5 Å². The lowest BCUT2D eigenvalue weighted by Crippen LogP contribution is -2.44. The maximum absolute atomic E-state index is 12.6. The number of carbonyl (C=O) groups is 2. The molecule has 1 aromatic heterocycles. The molecule has 190 valence electrons. The van der Waals surface area contributed by atoms with E-state index in [-0.39, 0.29) is 18.6 Å². The Labute approximate surface area is 208 Å². The number of nitrogens with zero attached hydrogens (tertiary/aromatic N) is 3. The van der Waals surface area contributed by atoms with E-state index in [1.807, 2.05) is 36.7 Å². The predicted octanol–water partition coefficient (Wildman–Crippen LogP) is 3.94. The molecule has 0 bridgehead atoms. The minimum atomic E-state index is -0.438. The molecule has 1 saturated carbocycles. The molecule has 1 aromatic carbocycles. The van der Waals surface area contributed by atoms with E-state index >= 15 is 0 Å². The quantitative estimate of drug-likeness (QED) is 0.517. The summed E-state index contributed by atoms with van der Waals surface area (Å²) in [6.45, 7) is 2.48. The van der Waals surface area contributed by atoms with Crippen molar-refractivity contribution < 1.29 is 19.1 Å². The first-order valence-corrected chi connectivity index (χ1v) is 12.9. The van der Waals surface area contributed by atoms with Crippen LogP contribution in [0.3, 0.4) is 0 Å². The standard InChI is InChI=1S/C27H38N4O4/c1-34-26(32)25(16-24-17-30(20-28-24)14-12-21-8-4-2-5-9-21)31-15-13-23(18-31)29-27(33)35-19-22-10-6-3-7-11-22/h3,6-7,10-11,17,20-21,23,25H,2,4-5,8-9,12-16,18-19H2,1H3,(H,29,33)/t23-,25-/m0/s1. The van der Waals surface area contributed by atoms with E-state index in [0.717, 1.165) is 30.1 Å². The van der Waals surface area contributed by atoms with Gasteiger partial charge in [-0.25, -0.2) is 9.78 Å². The topological polar surface area (TPSA) is 85.7 Å². The van der Waals surface area contributed by atoms with Gasteiger partial charge in [0.25, 0.3) is 0 Å². The number of esters is 1. The third-order valence-corrected chi connectivity index (χ3v) is 7.28. The van der Waals surface area contributed by atoms with Crippen LogP contribution in [0.2, 0.25) is 0 Å². The van der Waals surface area contributed by atoms with Crippen molar-refractivity contribution in [2.24, 2.45) is 5.92 Å². The summed E-state index contributed by atoms with van der Waals surface area (Å²) in [5, 5.41) is 2.93. The highest BCUT2D eigenvalue weighted by Crippen LogP contribution is 2.26. The van der Waals surface area contributed by atoms with Gasteiger partial charge in [0, 0.05) is 38.3 Å². The maximum atomic E-state index is 12.6. The van der Waals surface area contributed by atoms with Crippen molar-refractivity contribution >= 4 is 12.1 Å². The van der Waals surface area contributed by atoms with Gasteiger partial charge in [-0.15, -0.1) is 0 Å². The fourth-order valence-corrected chi connectivity index (χ4v) is 5.26. The number of hydrogen-bond acceptors (Lipinski definition) is 6. The van der Waals surface area contributed by atoms with Gasteiger partial charge >= 0.3 is 12.1 Å². The zero-order chi connectivity index (χ0) is 24.5. The normalized spacial score (nSPS) is 19.9. The fraction of sp³-hybridized carbons (Fsp3) is 0.593. The van der Waals surface area contributed by atoms with Crippen LogP contribution < -0.4 is 5.32 Å². The number of methoxy groups -OCH3 is 1. The van der Waals surface area contributed by atoms with Crippen LogP contribution in [-0.4, -0.2) is 58.8 Å². The fourth-order valence-electron chi connectivity index (χ4n) is 5.26. The second-order valence-corrected chi connectivity index (χ2v) is 9.83. The summed E-state index contributed by atoms with van der Waals surface area (Å²) in [4.78, 5) is 31.5. The van der Waals surface area contributed by atoms with Gasteiger partial charge in [0.05, 0.1) is 19.1 Å². The van der Waals surface area contributed by atoms with Crippen LogP contribution in [-0.2, 0) is 33.8 Å². The Kier molecular flexibility index (Phi) is 9.17. The van der Waals surface area contributed by atoms with Gasteiger partial charge in [-0.3, -0.25) is 9.69 Å². The lowest BCUT2D eigenvalue weighted by molar-refractivity contribution is -0.146. The molecule has 0 spiro atoms. The first-order chi connectivity index (χ1) is 17.1. The molecule has 0 unspecified atom stereocenters. The third-order valence-electron chi connectivity index (χ3n) is 7.28. The van der Waals surface area contributed by atoms with Gasteiger partial charge in [-0.2, -0.15) is 0 Å². The molecule has 4 rings (SSSR count). The molecule has 1 amide bonds. The Bertz CT molecular complexity index is 942. The van der Waals surface area contributed by atoms with Gasteiger partial charge < -0.3 is 19.4 Å². The Balaban J connectivity index is 1.26. The molecule has 1 aliphatic heterocycles. The summed E-state index contributed by atoms with van der Waals surface area (Å²) in [7, 11) is 1.42. The summed E-state index contributed by atoms with van der Waals surface area (Å²) >= 11 is 0. The highest BCUT2D eigenvalue weighted by atomic mass is 16.5. The maximum Gasteiger partial charge on any atom is 0.407 e. The van der Waals surface area contributed by atoms with E-state index in [1.54, 1.807) is 0 Å². The number of nitrogens with one attached hydrogen (secondary N) is 1. The van der Waals surface area contributed by atoms with Crippen LogP contribution in [0.15, 0.2) is 42.9 Å². The molecular weight excluding hydrogens is 444 g/mol. The number of hydrogen-bond donors (Lipinski definition) is 1. The largest absolute Gasteiger partial charge is 0.468 e. The zero-order valence-corrected chi connectivity index (χ0v) is 20.7. The number of rotatable bonds is 10. The number of carbonyl (C=O) groups excluding carboxylic acids is 2. The van der Waals surface area contributed by atoms with Crippen LogP contribution in [0.25, 0.3) is 0 Å². The minimum absolute atomic E-state index is 0.0709. The number of imidazole rings is 1. The van der Waals surface area contributed by atoms with Crippen molar-refractivity contribution in [1.29, 1.82) is 0 Å². The Morgan fingerprint density at radius 2 is 1.94 bits per heavy atom. The van der Waals surface area contributed by atoms with E-state index in [2.05, 4.69) is 26.0 Å². The molecule has 0 radical (unpaired) electrons. The molecule has 1 saturated heterocycles. The molecular formula is C27H38N4O4. The van der Waals surface area contributed by atoms with E-state index in [1.165, 1.54) is 45.6 Å². The van der Waals surface area contributed by atoms with Crippen molar-refractivity contribution in [2.45, 2.75) is 76.6 Å². The molecule has 8 heteroatoms. The second-order valence-electron chi connectivity index (χ2n) is 9.83. The lowest BCUT2D eigenvalue weighted by Gasteiger charge is -2.25. The summed E-state index contributed by atoms with van der Waals surface area (Å²) in [5.74, 6) is 0.555. The number of alkyl carbamates (subject to hydrolysis) is 1. The molecule has 1 aliphatic carbocycles. The van der Waals surface area contributed by atoms with Crippen LogP contribution in [0.4, 0.5) is 4.79 Å². The summed E-state index contributed by atoms with van der Waals surface area (Å²) < 4.78 is 12.6. The number of amides is 1. The summed E-state index contributed by atoms with van der Waals surface area (Å²) in [6.07, 6.45) is 12.7. The Morgan fingerprint density at radius 3 is 2.71 bits per heavy atom. The van der Waals surface area contributed by atoms with Crippen LogP contribution >= 0.6 is 0 Å². The van der Waals surface area contributed by atoms with Gasteiger partial charge in [0.1, 0.15) is 12.6 Å². The third kappa shape index (κ3) is 7.56. The molecule has 1 N–H and O–H groups in total. The lowest BCUT2D eigenvalue weighted by atomic mass is 9.87. The van der Waals surface area contributed by atoms with Crippen LogP contribution in [0, 0.1) is 5.92 Å². The summed E-state index contributed by atoms with van der Waals surface area (Å²) in [6, 6.07) is 9.10. The molecule has 2 atom stereocenters. The van der Waals surface area contributed by atoms with Crippen molar-refractivity contribution in [2.75, 3.05) is 20.2 Å². The Morgan fingerprint density at radius 1 is 1.14 bits per heavy atom. The highest BCUT2D eigenvalue weighted by molar-refractivity contribution is 5.76. The number of aryl methyl sites for hydroxylation is 1. The smallest absolute Gasteiger partial charge is 0.407 e. The molecule has 2 aliphatic rings. The first-order valence-electron chi connectivity index (χ1n) is 12.9. The number of aromatic nitrogens is 2. The molecule has 2 aromatic rings. The highest BCUT2D eigenvalue weighted by Gasteiger charge is 2.34. The molecule has 2 heterocycles. The van der Waals surface area contributed by atoms with Crippen LogP contribution in [0.5, 0.6) is 0 Å². The van der Waals surface area contributed by atoms with Crippen molar-refractivity contribution in [3.05, 3.63) is 54.1 Å². The predicted molar refractivity (Wildman–Crippen MR) is 133 cm³/mol. The minimum Gasteiger partial charge on any atom is -0.468 e. The molecule has 2 fully saturated rings. The van der Waals surface area contributed by atoms with E-state index in [9.17, 15) is 9.59 Å².